The third-order valence-corrected chi connectivity index (χ3v) is 1.15. The van der Waals surface area contributed by atoms with Crippen molar-refractivity contribution in [3.63, 3.8) is 0 Å². The molecular formula is C7H18O4. The second kappa shape index (κ2) is 7.94. The zero-order chi connectivity index (χ0) is 9.33. The van der Waals surface area contributed by atoms with Crippen LogP contribution in [0.25, 0.3) is 0 Å². The monoisotopic (exact) mass is 166 g/mol. The lowest BCUT2D eigenvalue weighted by molar-refractivity contribution is 0.0200. The SMILES string of the molecule is CC(CO)(CO)CO.CCO. The molecule has 4 heteroatoms. The highest BCUT2D eigenvalue weighted by Gasteiger charge is 2.20. The van der Waals surface area contributed by atoms with Crippen molar-refractivity contribution in [3.05, 3.63) is 0 Å². The van der Waals surface area contributed by atoms with Crippen molar-refractivity contribution in [1.82, 2.24) is 0 Å². The maximum Gasteiger partial charge on any atom is 0.0528 e. The highest BCUT2D eigenvalue weighted by molar-refractivity contribution is 4.69. The van der Waals surface area contributed by atoms with E-state index in [1.807, 2.05) is 0 Å². The summed E-state index contributed by atoms with van der Waals surface area (Å²) in [5.41, 5.74) is -0.708. The maximum absolute atomic E-state index is 8.47. The Morgan fingerprint density at radius 2 is 1.09 bits per heavy atom. The van der Waals surface area contributed by atoms with E-state index in [0.717, 1.165) is 0 Å². The van der Waals surface area contributed by atoms with E-state index in [1.54, 1.807) is 13.8 Å². The third kappa shape index (κ3) is 7.74. The Morgan fingerprint density at radius 1 is 0.909 bits per heavy atom. The number of aliphatic hydroxyl groups excluding tert-OH is 4. The molecule has 0 aliphatic heterocycles. The van der Waals surface area contributed by atoms with Gasteiger partial charge in [-0.1, -0.05) is 6.92 Å². The van der Waals surface area contributed by atoms with Gasteiger partial charge in [-0.3, -0.25) is 0 Å². The number of hydrogen-bond donors (Lipinski definition) is 4. The predicted octanol–water partition coefficient (Wildman–Crippen LogP) is -1.03. The fraction of sp³-hybridized carbons (Fsp3) is 1.00. The minimum atomic E-state index is -0.708. The minimum Gasteiger partial charge on any atom is -0.397 e. The lowest BCUT2D eigenvalue weighted by atomic mass is 9.95. The number of aliphatic hydroxyl groups is 4. The van der Waals surface area contributed by atoms with Crippen LogP contribution in [-0.2, 0) is 0 Å². The highest BCUT2D eigenvalue weighted by Crippen LogP contribution is 2.10. The predicted molar refractivity (Wildman–Crippen MR) is 42.1 cm³/mol. The number of hydrogen-bond acceptors (Lipinski definition) is 4. The van der Waals surface area contributed by atoms with Crippen LogP contribution in [0, 0.1) is 5.41 Å². The van der Waals surface area contributed by atoms with Crippen molar-refractivity contribution in [2.45, 2.75) is 13.8 Å². The van der Waals surface area contributed by atoms with Crippen molar-refractivity contribution in [1.29, 1.82) is 0 Å². The van der Waals surface area contributed by atoms with Crippen LogP contribution in [0.2, 0.25) is 0 Å². The van der Waals surface area contributed by atoms with Crippen LogP contribution in [-0.4, -0.2) is 46.9 Å². The average molecular weight is 166 g/mol. The van der Waals surface area contributed by atoms with Gasteiger partial charge in [-0.2, -0.15) is 0 Å². The quantitative estimate of drug-likeness (QED) is 0.432. The lowest BCUT2D eigenvalue weighted by Gasteiger charge is -2.20. The molecule has 0 saturated carbocycles. The second-order valence-electron chi connectivity index (χ2n) is 2.60. The molecule has 0 rings (SSSR count). The zero-order valence-electron chi connectivity index (χ0n) is 7.12. The molecule has 11 heavy (non-hydrogen) atoms. The van der Waals surface area contributed by atoms with E-state index in [1.165, 1.54) is 0 Å². The first-order chi connectivity index (χ1) is 5.10. The van der Waals surface area contributed by atoms with E-state index >= 15 is 0 Å². The summed E-state index contributed by atoms with van der Waals surface area (Å²) in [6, 6.07) is 0. The summed E-state index contributed by atoms with van der Waals surface area (Å²) < 4.78 is 0. The molecule has 0 atom stereocenters. The third-order valence-electron chi connectivity index (χ3n) is 1.15. The molecule has 0 bridgehead atoms. The van der Waals surface area contributed by atoms with Crippen LogP contribution in [0.3, 0.4) is 0 Å². The van der Waals surface area contributed by atoms with Crippen molar-refractivity contribution >= 4 is 0 Å². The van der Waals surface area contributed by atoms with E-state index in [2.05, 4.69) is 0 Å². The summed E-state index contributed by atoms with van der Waals surface area (Å²) in [6.07, 6.45) is 0. The largest absolute Gasteiger partial charge is 0.397 e. The van der Waals surface area contributed by atoms with E-state index in [4.69, 9.17) is 20.4 Å². The van der Waals surface area contributed by atoms with Crippen molar-refractivity contribution in [2.75, 3.05) is 26.4 Å². The molecule has 0 heterocycles. The van der Waals surface area contributed by atoms with Gasteiger partial charge in [0.2, 0.25) is 0 Å². The van der Waals surface area contributed by atoms with Crippen LogP contribution in [0.4, 0.5) is 0 Å². The molecule has 0 aliphatic rings. The van der Waals surface area contributed by atoms with Crippen LogP contribution in [0.15, 0.2) is 0 Å². The normalized spacial score (nSPS) is 10.4. The summed E-state index contributed by atoms with van der Waals surface area (Å²) in [5, 5.41) is 33.0. The Kier molecular flexibility index (Phi) is 9.70. The van der Waals surface area contributed by atoms with E-state index in [-0.39, 0.29) is 26.4 Å². The van der Waals surface area contributed by atoms with Crippen LogP contribution in [0.1, 0.15) is 13.8 Å². The van der Waals surface area contributed by atoms with Gasteiger partial charge in [-0.15, -0.1) is 0 Å². The Morgan fingerprint density at radius 3 is 1.09 bits per heavy atom. The van der Waals surface area contributed by atoms with Gasteiger partial charge >= 0.3 is 0 Å². The smallest absolute Gasteiger partial charge is 0.0528 e. The highest BCUT2D eigenvalue weighted by atomic mass is 16.3. The van der Waals surface area contributed by atoms with Crippen LogP contribution in [0.5, 0.6) is 0 Å². The van der Waals surface area contributed by atoms with E-state index in [0.29, 0.717) is 0 Å². The van der Waals surface area contributed by atoms with Gasteiger partial charge in [-0.25, -0.2) is 0 Å². The fourth-order valence-corrected chi connectivity index (χ4v) is 0.150. The van der Waals surface area contributed by atoms with Crippen molar-refractivity contribution < 1.29 is 20.4 Å². The van der Waals surface area contributed by atoms with Gasteiger partial charge in [-0.05, 0) is 6.92 Å². The molecule has 0 unspecified atom stereocenters. The summed E-state index contributed by atoms with van der Waals surface area (Å²) in [6.45, 7) is 2.99. The summed E-state index contributed by atoms with van der Waals surface area (Å²) >= 11 is 0. The van der Waals surface area contributed by atoms with E-state index < -0.39 is 5.41 Å². The molecule has 4 N–H and O–H groups in total. The molecule has 0 aromatic carbocycles. The van der Waals surface area contributed by atoms with Crippen molar-refractivity contribution in [2.24, 2.45) is 5.41 Å². The Labute approximate surface area is 67.1 Å². The minimum absolute atomic E-state index is 0.181. The van der Waals surface area contributed by atoms with E-state index in [9.17, 15) is 0 Å². The Bertz CT molecular complexity index is 62.6. The topological polar surface area (TPSA) is 80.9 Å². The van der Waals surface area contributed by atoms with Crippen molar-refractivity contribution in [3.8, 4) is 0 Å². The zero-order valence-corrected chi connectivity index (χ0v) is 7.12. The first-order valence-corrected chi connectivity index (χ1v) is 3.53. The first kappa shape index (κ1) is 13.4. The first-order valence-electron chi connectivity index (χ1n) is 3.53. The molecule has 0 fully saturated rings. The molecule has 0 radical (unpaired) electrons. The number of rotatable bonds is 3. The summed E-state index contributed by atoms with van der Waals surface area (Å²) in [7, 11) is 0. The molecule has 70 valence electrons. The fourth-order valence-electron chi connectivity index (χ4n) is 0.150. The molecule has 0 aromatic heterocycles. The Balaban J connectivity index is 0. The maximum atomic E-state index is 8.47. The second-order valence-corrected chi connectivity index (χ2v) is 2.60. The molecule has 0 aromatic rings. The van der Waals surface area contributed by atoms with Gasteiger partial charge in [0.05, 0.1) is 19.8 Å². The molecule has 4 nitrogen and oxygen atoms in total. The molecule has 0 spiro atoms. The van der Waals surface area contributed by atoms with Gasteiger partial charge in [0.25, 0.3) is 0 Å². The standard InChI is InChI=1S/C5H12O3.C2H6O/c1-5(2-6,3-7)4-8;1-2-3/h6-8H,2-4H2,1H3;3H,2H2,1H3. The summed E-state index contributed by atoms with van der Waals surface area (Å²) in [4.78, 5) is 0. The lowest BCUT2D eigenvalue weighted by Crippen LogP contribution is -2.29. The Hall–Kier alpha value is -0.160. The molecule has 0 saturated heterocycles. The molecule has 0 amide bonds. The van der Waals surface area contributed by atoms with Gasteiger partial charge in [0.15, 0.2) is 0 Å². The molecule has 0 aliphatic carbocycles. The van der Waals surface area contributed by atoms with Crippen LogP contribution >= 0.6 is 0 Å². The van der Waals surface area contributed by atoms with Crippen LogP contribution < -0.4 is 0 Å². The van der Waals surface area contributed by atoms with Gasteiger partial charge in [0.1, 0.15) is 0 Å². The molecular weight excluding hydrogens is 148 g/mol. The van der Waals surface area contributed by atoms with Gasteiger partial charge in [0, 0.05) is 12.0 Å². The van der Waals surface area contributed by atoms with Gasteiger partial charge < -0.3 is 20.4 Å². The average Bonchev–Trinajstić information content (AvgIpc) is 2.05. The summed E-state index contributed by atoms with van der Waals surface area (Å²) in [5.74, 6) is 0.